The van der Waals surface area contributed by atoms with E-state index in [0.717, 1.165) is 39.9 Å². The lowest BCUT2D eigenvalue weighted by molar-refractivity contribution is -0.376. The molecule has 0 atom stereocenters. The van der Waals surface area contributed by atoms with Crippen LogP contribution in [0.1, 0.15) is 22.3 Å². The number of hydrogen-bond acceptors (Lipinski definition) is 5. The molecule has 6 nitrogen and oxygen atoms in total. The summed E-state index contributed by atoms with van der Waals surface area (Å²) in [6.45, 7) is 1.94. The first-order chi connectivity index (χ1) is 15.9. The summed E-state index contributed by atoms with van der Waals surface area (Å²) in [4.78, 5) is 15.7. The molecular weight excluding hydrogens is 464 g/mol. The van der Waals surface area contributed by atoms with Gasteiger partial charge in [-0.25, -0.2) is 15.0 Å². The second-order valence-corrected chi connectivity index (χ2v) is 7.72. The molecule has 3 aromatic heterocycles. The second kappa shape index (κ2) is 8.28. The summed E-state index contributed by atoms with van der Waals surface area (Å²) in [6, 6.07) is 5.04. The van der Waals surface area contributed by atoms with Gasteiger partial charge >= 0.3 is 12.4 Å². The number of aromatic nitrogens is 4. The van der Waals surface area contributed by atoms with Crippen molar-refractivity contribution >= 4 is 22.7 Å². The number of benzene rings is 1. The van der Waals surface area contributed by atoms with Crippen LogP contribution in [-0.4, -0.2) is 37.4 Å². The molecule has 3 N–H and O–H groups in total. The summed E-state index contributed by atoms with van der Waals surface area (Å²) in [5.41, 5.74) is -2.64. The van der Waals surface area contributed by atoms with Gasteiger partial charge < -0.3 is 15.4 Å². The van der Waals surface area contributed by atoms with Crippen LogP contribution in [0, 0.1) is 6.92 Å². The smallest absolute Gasteiger partial charge is 0.369 e. The largest absolute Gasteiger partial charge is 0.430 e. The summed E-state index contributed by atoms with van der Waals surface area (Å²) in [5.74, 6) is 0.0924. The van der Waals surface area contributed by atoms with Crippen molar-refractivity contribution in [2.45, 2.75) is 31.3 Å². The predicted octanol–water partition coefficient (Wildman–Crippen LogP) is 5.31. The number of aromatic amines is 1. The number of aliphatic hydroxyl groups is 1. The van der Waals surface area contributed by atoms with Crippen molar-refractivity contribution in [3.8, 4) is 0 Å². The van der Waals surface area contributed by atoms with E-state index in [4.69, 9.17) is 0 Å². The zero-order valence-corrected chi connectivity index (χ0v) is 17.5. The number of halogens is 6. The van der Waals surface area contributed by atoms with E-state index >= 15 is 0 Å². The average molecular weight is 481 g/mol. The summed E-state index contributed by atoms with van der Waals surface area (Å²) < 4.78 is 78.0. The normalized spacial score (nSPS) is 12.8. The Morgan fingerprint density at radius 1 is 0.912 bits per heavy atom. The Morgan fingerprint density at radius 3 is 2.12 bits per heavy atom. The number of alkyl halides is 6. The third kappa shape index (κ3) is 4.28. The van der Waals surface area contributed by atoms with Crippen molar-refractivity contribution < 1.29 is 31.4 Å². The highest BCUT2D eigenvalue weighted by molar-refractivity contribution is 5.80. The van der Waals surface area contributed by atoms with Crippen molar-refractivity contribution in [2.75, 3.05) is 5.32 Å². The van der Waals surface area contributed by atoms with E-state index in [1.54, 1.807) is 18.6 Å². The first kappa shape index (κ1) is 23.5. The first-order valence-corrected chi connectivity index (χ1v) is 9.85. The minimum atomic E-state index is -5.95. The molecule has 0 spiro atoms. The maximum atomic E-state index is 13.0. The van der Waals surface area contributed by atoms with Gasteiger partial charge in [0.05, 0.1) is 0 Å². The third-order valence-corrected chi connectivity index (χ3v) is 5.23. The molecule has 0 aliphatic heterocycles. The Balaban J connectivity index is 1.49. The molecule has 0 saturated heterocycles. The summed E-state index contributed by atoms with van der Waals surface area (Å²) in [6.07, 6.45) is -4.67. The molecule has 0 saturated carbocycles. The molecule has 0 aliphatic rings. The topological polar surface area (TPSA) is 86.7 Å². The maximum Gasteiger partial charge on any atom is 0.430 e. The average Bonchev–Trinajstić information content (AvgIpc) is 3.15. The Bertz CT molecular complexity index is 1280. The minimum Gasteiger partial charge on any atom is -0.369 e. The molecule has 0 amide bonds. The summed E-state index contributed by atoms with van der Waals surface area (Å²) in [7, 11) is 0. The van der Waals surface area contributed by atoms with E-state index in [9.17, 15) is 31.4 Å². The molecule has 4 aromatic rings. The molecule has 0 bridgehead atoms. The Morgan fingerprint density at radius 2 is 1.53 bits per heavy atom. The number of pyridine rings is 1. The van der Waals surface area contributed by atoms with Crippen molar-refractivity contribution in [2.24, 2.45) is 0 Å². The zero-order valence-electron chi connectivity index (χ0n) is 17.5. The lowest BCUT2D eigenvalue weighted by atomic mass is 9.92. The van der Waals surface area contributed by atoms with E-state index in [1.165, 1.54) is 0 Å². The van der Waals surface area contributed by atoms with Gasteiger partial charge in [0.25, 0.3) is 5.60 Å². The van der Waals surface area contributed by atoms with E-state index in [0.29, 0.717) is 18.6 Å². The van der Waals surface area contributed by atoms with Crippen LogP contribution in [0.3, 0.4) is 0 Å². The fraction of sp³-hybridized carbons (Fsp3) is 0.227. The third-order valence-electron chi connectivity index (χ3n) is 5.23. The molecule has 0 radical (unpaired) electrons. The molecule has 12 heteroatoms. The van der Waals surface area contributed by atoms with Crippen molar-refractivity contribution in [1.82, 2.24) is 19.9 Å². The first-order valence-electron chi connectivity index (χ1n) is 9.85. The molecule has 0 aliphatic carbocycles. The Kier molecular flexibility index (Phi) is 5.72. The number of H-pyrrole nitrogens is 1. The Labute approximate surface area is 188 Å². The van der Waals surface area contributed by atoms with Gasteiger partial charge in [0.2, 0.25) is 5.95 Å². The lowest BCUT2D eigenvalue weighted by Gasteiger charge is -2.32. The van der Waals surface area contributed by atoms with Crippen LogP contribution in [0.25, 0.3) is 11.0 Å². The molecule has 3 heterocycles. The van der Waals surface area contributed by atoms with Crippen LogP contribution in [0.4, 0.5) is 38.0 Å². The molecular formula is C22H17F6N5O. The molecule has 178 valence electrons. The number of aryl methyl sites for hydroxylation is 1. The van der Waals surface area contributed by atoms with Gasteiger partial charge in [0, 0.05) is 47.8 Å². The van der Waals surface area contributed by atoms with E-state index in [2.05, 4.69) is 25.3 Å². The number of fused-ring (bicyclic) bond motifs is 1. The van der Waals surface area contributed by atoms with E-state index < -0.39 is 23.5 Å². The molecule has 0 unspecified atom stereocenters. The van der Waals surface area contributed by atoms with Crippen LogP contribution in [0.2, 0.25) is 0 Å². The molecule has 34 heavy (non-hydrogen) atoms. The number of anilines is 2. The summed E-state index contributed by atoms with van der Waals surface area (Å²) in [5, 5.41) is 13.1. The number of hydrogen-bond donors (Lipinski definition) is 3. The van der Waals surface area contributed by atoms with E-state index in [1.807, 2.05) is 19.2 Å². The SMILES string of the molecule is Cc1cnc2[nH]cc(Cc3cnc(Nc4ccc(C(O)(C(F)(F)F)C(F)(F)F)cc4)nc3)c2c1. The zero-order chi connectivity index (χ0) is 24.7. The number of rotatable bonds is 5. The van der Waals surface area contributed by atoms with Crippen molar-refractivity contribution in [3.63, 3.8) is 0 Å². The van der Waals surface area contributed by atoms with Crippen molar-refractivity contribution in [1.29, 1.82) is 0 Å². The summed E-state index contributed by atoms with van der Waals surface area (Å²) >= 11 is 0. The fourth-order valence-electron chi connectivity index (χ4n) is 3.45. The van der Waals surface area contributed by atoms with Gasteiger partial charge in [0.15, 0.2) is 0 Å². The highest BCUT2D eigenvalue weighted by Gasteiger charge is 2.71. The fourth-order valence-corrected chi connectivity index (χ4v) is 3.45. The minimum absolute atomic E-state index is 0.0924. The lowest BCUT2D eigenvalue weighted by Crippen LogP contribution is -2.53. The van der Waals surface area contributed by atoms with Gasteiger partial charge in [-0.2, -0.15) is 26.3 Å². The van der Waals surface area contributed by atoms with E-state index in [-0.39, 0.29) is 11.6 Å². The second-order valence-electron chi connectivity index (χ2n) is 7.72. The van der Waals surface area contributed by atoms with Crippen molar-refractivity contribution in [3.05, 3.63) is 77.4 Å². The predicted molar refractivity (Wildman–Crippen MR) is 111 cm³/mol. The quantitative estimate of drug-likeness (QED) is 0.337. The van der Waals surface area contributed by atoms with Crippen LogP contribution in [0.5, 0.6) is 0 Å². The van der Waals surface area contributed by atoms with Gasteiger partial charge in [-0.1, -0.05) is 12.1 Å². The monoisotopic (exact) mass is 481 g/mol. The van der Waals surface area contributed by atoms with Gasteiger partial charge in [-0.05, 0) is 41.8 Å². The highest BCUT2D eigenvalue weighted by atomic mass is 19.4. The number of nitrogens with one attached hydrogen (secondary N) is 2. The van der Waals surface area contributed by atoms with Gasteiger partial charge in [-0.3, -0.25) is 0 Å². The standard InChI is InChI=1S/C22H17F6N5O/c1-12-6-17-14(11-30-18(17)29-8-12)7-13-9-31-19(32-10-13)33-16-4-2-15(3-5-16)20(34,21(23,24)25)22(26,27)28/h2-6,8-11,34H,7H2,1H3,(H,29,30)(H,31,32,33). The van der Waals surface area contributed by atoms with Crippen LogP contribution < -0.4 is 5.32 Å². The van der Waals surface area contributed by atoms with Crippen LogP contribution in [-0.2, 0) is 12.0 Å². The van der Waals surface area contributed by atoms with Crippen LogP contribution >= 0.6 is 0 Å². The van der Waals surface area contributed by atoms with Gasteiger partial charge in [0.1, 0.15) is 5.65 Å². The number of nitrogens with zero attached hydrogens (tertiary/aromatic N) is 3. The maximum absolute atomic E-state index is 13.0. The molecule has 4 rings (SSSR count). The molecule has 1 aromatic carbocycles. The van der Waals surface area contributed by atoms with Gasteiger partial charge in [-0.15, -0.1) is 0 Å². The molecule has 0 fully saturated rings. The highest BCUT2D eigenvalue weighted by Crippen LogP contribution is 2.50. The Hall–Kier alpha value is -3.67. The van der Waals surface area contributed by atoms with Crippen LogP contribution in [0.15, 0.2) is 55.1 Å².